The van der Waals surface area contributed by atoms with Crippen LogP contribution in [0.4, 0.5) is 11.8 Å². The van der Waals surface area contributed by atoms with Crippen molar-refractivity contribution in [2.45, 2.75) is 24.5 Å². The number of imidazole rings is 1. The van der Waals surface area contributed by atoms with Gasteiger partial charge in [0.2, 0.25) is 5.95 Å². The molecule has 0 saturated carbocycles. The number of carbonyl (C=O) groups is 1. The van der Waals surface area contributed by atoms with Crippen LogP contribution in [0.3, 0.4) is 0 Å². The van der Waals surface area contributed by atoms with E-state index in [-0.39, 0.29) is 28.5 Å². The molecule has 0 radical (unpaired) electrons. The van der Waals surface area contributed by atoms with Gasteiger partial charge in [-0.25, -0.2) is 19.7 Å². The molecular weight excluding hydrogens is 462 g/mol. The number of hydrogen-bond donors (Lipinski definition) is 6. The summed E-state index contributed by atoms with van der Waals surface area (Å²) in [6, 6.07) is 5.29. The number of phenols is 1. The molecule has 1 saturated heterocycles. The van der Waals surface area contributed by atoms with Gasteiger partial charge in [0.1, 0.15) is 30.4 Å². The Morgan fingerprint density at radius 1 is 1.21 bits per heavy atom. The molecule has 4 rings (SSSR count). The van der Waals surface area contributed by atoms with E-state index >= 15 is 0 Å². The number of nitrogens with two attached hydrogens (primary N) is 2. The highest BCUT2D eigenvalue weighted by Crippen LogP contribution is 2.34. The average Bonchev–Trinajstić information content (AvgIpc) is 3.23. The van der Waals surface area contributed by atoms with Gasteiger partial charge in [-0.1, -0.05) is 12.1 Å². The molecule has 1 aromatic carbocycles. The number of nitrogens with one attached hydrogen (secondary N) is 1. The molecule has 1 fully saturated rings. The Balaban J connectivity index is 1.47. The van der Waals surface area contributed by atoms with Gasteiger partial charge in [0, 0.05) is 0 Å². The maximum Gasteiger partial charge on any atom is 0.362 e. The number of fused-ring (bicyclic) bond motifs is 1. The van der Waals surface area contributed by atoms with Crippen LogP contribution in [0, 0.1) is 0 Å². The van der Waals surface area contributed by atoms with E-state index in [1.54, 1.807) is 4.72 Å². The number of aliphatic hydroxyl groups is 2. The second-order valence-electron chi connectivity index (χ2n) is 7.00. The summed E-state index contributed by atoms with van der Waals surface area (Å²) in [7, 11) is -4.66. The fraction of sp³-hybridized carbons (Fsp3) is 0.294. The molecule has 176 valence electrons. The predicted molar refractivity (Wildman–Crippen MR) is 111 cm³/mol. The number of nitrogens with zero attached hydrogens (tertiary/aromatic N) is 4. The van der Waals surface area contributed by atoms with Gasteiger partial charge < -0.3 is 31.5 Å². The molecule has 0 bridgehead atoms. The van der Waals surface area contributed by atoms with Crippen molar-refractivity contribution in [2.24, 2.45) is 0 Å². The van der Waals surface area contributed by atoms with Crippen LogP contribution < -0.4 is 16.2 Å². The topological polar surface area (TPSA) is 238 Å². The molecule has 4 atom stereocenters. The number of phenolic OH excluding ortho intramolecular Hbond substituents is 1. The number of hydrogen-bond acceptors (Lipinski definition) is 13. The molecule has 3 aromatic rings. The lowest BCUT2D eigenvalue weighted by Crippen LogP contribution is -2.37. The van der Waals surface area contributed by atoms with Gasteiger partial charge in [0.25, 0.3) is 5.91 Å². The van der Waals surface area contributed by atoms with Crippen LogP contribution in [0.15, 0.2) is 30.6 Å². The first-order valence-corrected chi connectivity index (χ1v) is 10.7. The van der Waals surface area contributed by atoms with E-state index in [0.29, 0.717) is 0 Å². The SMILES string of the molecule is Nc1ncnc2c1nc(N)n2[C@@H]1O[C@H](COS(=O)(=O)NC(=O)c2ccccc2O)[C@@H](O)[C@H]1O. The summed E-state index contributed by atoms with van der Waals surface area (Å²) in [5, 5.41) is 30.5. The molecule has 2 aromatic heterocycles. The Morgan fingerprint density at radius 2 is 1.94 bits per heavy atom. The number of nitrogen functional groups attached to an aromatic ring is 2. The lowest BCUT2D eigenvalue weighted by molar-refractivity contribution is -0.0457. The van der Waals surface area contributed by atoms with Gasteiger partial charge in [-0.05, 0) is 12.1 Å². The molecule has 3 heterocycles. The number of rotatable bonds is 6. The van der Waals surface area contributed by atoms with Crippen molar-refractivity contribution in [3.63, 3.8) is 0 Å². The first-order valence-electron chi connectivity index (χ1n) is 9.34. The first-order chi connectivity index (χ1) is 15.6. The molecule has 16 heteroatoms. The van der Waals surface area contributed by atoms with E-state index in [1.807, 2.05) is 0 Å². The van der Waals surface area contributed by atoms with Gasteiger partial charge >= 0.3 is 10.3 Å². The van der Waals surface area contributed by atoms with E-state index in [0.717, 1.165) is 6.33 Å². The molecule has 33 heavy (non-hydrogen) atoms. The van der Waals surface area contributed by atoms with Crippen LogP contribution in [0.2, 0.25) is 0 Å². The normalized spacial score (nSPS) is 23.1. The summed E-state index contributed by atoms with van der Waals surface area (Å²) in [6.07, 6.45) is -4.64. The Morgan fingerprint density at radius 3 is 2.67 bits per heavy atom. The summed E-state index contributed by atoms with van der Waals surface area (Å²) in [5.41, 5.74) is 11.6. The minimum absolute atomic E-state index is 0.0321. The maximum absolute atomic E-state index is 12.1. The number of aromatic hydroxyl groups is 1. The largest absolute Gasteiger partial charge is 0.507 e. The number of para-hydroxylation sites is 1. The summed E-state index contributed by atoms with van der Waals surface area (Å²) >= 11 is 0. The highest BCUT2D eigenvalue weighted by molar-refractivity contribution is 7.85. The predicted octanol–water partition coefficient (Wildman–Crippen LogP) is -1.99. The monoisotopic (exact) mass is 481 g/mol. The van der Waals surface area contributed by atoms with Crippen molar-refractivity contribution in [3.8, 4) is 5.75 Å². The Kier molecular flexibility index (Phi) is 5.76. The smallest absolute Gasteiger partial charge is 0.362 e. The third-order valence-corrected chi connectivity index (χ3v) is 5.76. The van der Waals surface area contributed by atoms with E-state index in [9.17, 15) is 28.5 Å². The van der Waals surface area contributed by atoms with Crippen molar-refractivity contribution in [1.29, 1.82) is 0 Å². The van der Waals surface area contributed by atoms with E-state index in [4.69, 9.17) is 20.4 Å². The Hall–Kier alpha value is -3.57. The van der Waals surface area contributed by atoms with Crippen LogP contribution in [0.1, 0.15) is 16.6 Å². The number of aromatic nitrogens is 4. The highest BCUT2D eigenvalue weighted by Gasteiger charge is 2.46. The molecule has 1 aliphatic heterocycles. The molecule has 0 unspecified atom stereocenters. The van der Waals surface area contributed by atoms with Gasteiger partial charge in [-0.15, -0.1) is 0 Å². The van der Waals surface area contributed by atoms with Crippen molar-refractivity contribution in [3.05, 3.63) is 36.2 Å². The van der Waals surface area contributed by atoms with Crippen LogP contribution in [0.5, 0.6) is 5.75 Å². The van der Waals surface area contributed by atoms with E-state index < -0.39 is 53.1 Å². The zero-order valence-electron chi connectivity index (χ0n) is 16.6. The third-order valence-electron chi connectivity index (χ3n) is 4.88. The second-order valence-corrected chi connectivity index (χ2v) is 8.35. The molecule has 8 N–H and O–H groups in total. The van der Waals surface area contributed by atoms with Crippen LogP contribution in [-0.4, -0.2) is 74.1 Å². The Bertz CT molecular complexity index is 1310. The van der Waals surface area contributed by atoms with Crippen molar-refractivity contribution in [2.75, 3.05) is 18.1 Å². The van der Waals surface area contributed by atoms with E-state index in [1.165, 1.54) is 28.8 Å². The standard InChI is InChI=1S/C17H19N7O8S/c18-13-10-14(21-6-20-13)24(17(19)22-10)16-12(27)11(26)9(32-16)5-31-33(29,30)23-15(28)7-3-1-2-4-8(7)25/h1-4,6,9,11-12,16,25-27H,5H2,(H2,19,22)(H,23,28)(H2,18,20,21)/t9-,11-,12-,16-/m1/s1. The minimum Gasteiger partial charge on any atom is -0.507 e. The van der Waals surface area contributed by atoms with E-state index in [2.05, 4.69) is 15.0 Å². The fourth-order valence-corrected chi connectivity index (χ4v) is 4.00. The molecule has 15 nitrogen and oxygen atoms in total. The van der Waals surface area contributed by atoms with Crippen LogP contribution >= 0.6 is 0 Å². The zero-order chi connectivity index (χ0) is 23.9. The Labute approximate surface area is 185 Å². The third kappa shape index (κ3) is 4.24. The quantitative estimate of drug-likeness (QED) is 0.224. The summed E-state index contributed by atoms with van der Waals surface area (Å²) in [6.45, 7) is -0.762. The lowest BCUT2D eigenvalue weighted by atomic mass is 10.1. The van der Waals surface area contributed by atoms with Crippen molar-refractivity contribution < 1.29 is 37.5 Å². The van der Waals surface area contributed by atoms with Crippen LogP contribution in [-0.2, 0) is 19.2 Å². The van der Waals surface area contributed by atoms with Crippen LogP contribution in [0.25, 0.3) is 11.2 Å². The lowest BCUT2D eigenvalue weighted by Gasteiger charge is -2.17. The number of aliphatic hydroxyl groups excluding tert-OH is 2. The van der Waals surface area contributed by atoms with Crippen molar-refractivity contribution in [1.82, 2.24) is 24.2 Å². The molecular formula is C17H19N7O8S. The minimum atomic E-state index is -4.66. The average molecular weight is 481 g/mol. The van der Waals surface area contributed by atoms with Gasteiger partial charge in [0.05, 0.1) is 12.2 Å². The summed E-state index contributed by atoms with van der Waals surface area (Å²) < 4.78 is 37.4. The highest BCUT2D eigenvalue weighted by atomic mass is 32.2. The first kappa shape index (κ1) is 22.6. The zero-order valence-corrected chi connectivity index (χ0v) is 17.5. The van der Waals surface area contributed by atoms with Gasteiger partial charge in [-0.2, -0.15) is 8.42 Å². The molecule has 1 amide bonds. The molecule has 1 aliphatic rings. The number of ether oxygens (including phenoxy) is 1. The molecule has 0 spiro atoms. The van der Waals surface area contributed by atoms with Gasteiger partial charge in [-0.3, -0.25) is 13.5 Å². The summed E-state index contributed by atoms with van der Waals surface area (Å²) in [5.74, 6) is -1.67. The maximum atomic E-state index is 12.1. The second kappa shape index (κ2) is 8.41. The number of carbonyl (C=O) groups excluding carboxylic acids is 1. The summed E-state index contributed by atoms with van der Waals surface area (Å²) in [4.78, 5) is 23.9. The number of benzene rings is 1. The number of amides is 1. The number of anilines is 2. The fourth-order valence-electron chi connectivity index (χ4n) is 3.29. The van der Waals surface area contributed by atoms with Crippen molar-refractivity contribution >= 4 is 39.1 Å². The molecule has 0 aliphatic carbocycles. The van der Waals surface area contributed by atoms with Gasteiger partial charge in [0.15, 0.2) is 23.2 Å².